The van der Waals surface area contributed by atoms with Crippen LogP contribution in [0, 0.1) is 0 Å². The van der Waals surface area contributed by atoms with Crippen molar-refractivity contribution in [2.45, 2.75) is 19.0 Å². The van der Waals surface area contributed by atoms with Gasteiger partial charge < -0.3 is 9.26 Å². The molecule has 1 aromatic carbocycles. The lowest BCUT2D eigenvalue weighted by atomic mass is 10.2. The summed E-state index contributed by atoms with van der Waals surface area (Å²) in [5.74, 6) is 0.694. The van der Waals surface area contributed by atoms with Crippen LogP contribution in [0.4, 0.5) is 0 Å². The molecule has 1 saturated heterocycles. The number of hydrogen-bond acceptors (Lipinski definition) is 8. The number of aromatic nitrogens is 5. The van der Waals surface area contributed by atoms with E-state index in [4.69, 9.17) is 4.52 Å². The summed E-state index contributed by atoms with van der Waals surface area (Å²) in [6, 6.07) is 9.84. The summed E-state index contributed by atoms with van der Waals surface area (Å²) >= 11 is 0. The molecule has 1 fully saturated rings. The SMILES string of the molecule is COC(=O)c1cn([C@@H]2CCN(Cc3noc(-c4ccccc4)n3)C2)nn1. The minimum Gasteiger partial charge on any atom is -0.464 e. The number of carbonyl (C=O) groups excluding carboxylic acids is 1. The van der Waals surface area contributed by atoms with E-state index in [1.807, 2.05) is 30.3 Å². The van der Waals surface area contributed by atoms with Crippen molar-refractivity contribution in [2.24, 2.45) is 0 Å². The Labute approximate surface area is 149 Å². The highest BCUT2D eigenvalue weighted by Crippen LogP contribution is 2.23. The van der Waals surface area contributed by atoms with Gasteiger partial charge in [-0.2, -0.15) is 4.98 Å². The predicted octanol–water partition coefficient (Wildman–Crippen LogP) is 1.56. The summed E-state index contributed by atoms with van der Waals surface area (Å²) in [4.78, 5) is 18.2. The molecule has 9 heteroatoms. The van der Waals surface area contributed by atoms with E-state index in [0.29, 0.717) is 18.3 Å². The molecule has 0 saturated carbocycles. The largest absolute Gasteiger partial charge is 0.464 e. The fourth-order valence-electron chi connectivity index (χ4n) is 3.04. The number of nitrogens with zero attached hydrogens (tertiary/aromatic N) is 6. The van der Waals surface area contributed by atoms with Crippen LogP contribution in [0.2, 0.25) is 0 Å². The van der Waals surface area contributed by atoms with E-state index >= 15 is 0 Å². The van der Waals surface area contributed by atoms with Gasteiger partial charge >= 0.3 is 5.97 Å². The molecule has 0 spiro atoms. The summed E-state index contributed by atoms with van der Waals surface area (Å²) < 4.78 is 11.7. The fraction of sp³-hybridized carbons (Fsp3) is 0.353. The van der Waals surface area contributed by atoms with Gasteiger partial charge in [-0.25, -0.2) is 9.48 Å². The Hall–Kier alpha value is -3.07. The van der Waals surface area contributed by atoms with Gasteiger partial charge in [0.05, 0.1) is 25.9 Å². The molecule has 1 atom stereocenters. The number of carbonyl (C=O) groups is 1. The van der Waals surface area contributed by atoms with E-state index in [9.17, 15) is 4.79 Å². The summed E-state index contributed by atoms with van der Waals surface area (Å²) in [6.07, 6.45) is 2.54. The van der Waals surface area contributed by atoms with Gasteiger partial charge in [-0.1, -0.05) is 28.6 Å². The van der Waals surface area contributed by atoms with Crippen LogP contribution in [0.5, 0.6) is 0 Å². The summed E-state index contributed by atoms with van der Waals surface area (Å²) in [5, 5.41) is 12.0. The third-order valence-corrected chi connectivity index (χ3v) is 4.38. The number of likely N-dealkylation sites (tertiary alicyclic amines) is 1. The predicted molar refractivity (Wildman–Crippen MR) is 90.0 cm³/mol. The van der Waals surface area contributed by atoms with Crippen molar-refractivity contribution in [3.8, 4) is 11.5 Å². The smallest absolute Gasteiger partial charge is 0.360 e. The first kappa shape index (κ1) is 16.4. The van der Waals surface area contributed by atoms with Gasteiger partial charge in [-0.15, -0.1) is 5.10 Å². The second kappa shape index (κ2) is 7.04. The molecular weight excluding hydrogens is 336 g/mol. The maximum absolute atomic E-state index is 11.5. The van der Waals surface area contributed by atoms with Crippen molar-refractivity contribution in [1.29, 1.82) is 0 Å². The van der Waals surface area contributed by atoms with E-state index < -0.39 is 5.97 Å². The van der Waals surface area contributed by atoms with Crippen molar-refractivity contribution in [1.82, 2.24) is 30.0 Å². The molecule has 0 unspecified atom stereocenters. The normalized spacial score (nSPS) is 17.5. The standard InChI is InChI=1S/C17H18N6O3/c1-25-17(24)14-10-23(21-19-14)13-7-8-22(9-13)11-15-18-16(26-20-15)12-5-3-2-4-6-12/h2-6,10,13H,7-9,11H2,1H3/t13-/m1/s1. The van der Waals surface area contributed by atoms with E-state index in [1.165, 1.54) is 7.11 Å². The van der Waals surface area contributed by atoms with Gasteiger partial charge in [0.2, 0.25) is 0 Å². The minimum absolute atomic E-state index is 0.154. The van der Waals surface area contributed by atoms with Crippen LogP contribution in [0.1, 0.15) is 28.8 Å². The van der Waals surface area contributed by atoms with Crippen LogP contribution in [0.3, 0.4) is 0 Å². The number of rotatable bonds is 5. The molecule has 0 radical (unpaired) electrons. The average molecular weight is 354 g/mol. The van der Waals surface area contributed by atoms with Crippen molar-refractivity contribution < 1.29 is 14.1 Å². The molecule has 0 bridgehead atoms. The number of methoxy groups -OCH3 is 1. The van der Waals surface area contributed by atoms with Gasteiger partial charge in [0.1, 0.15) is 0 Å². The first-order valence-electron chi connectivity index (χ1n) is 8.33. The Morgan fingerprint density at radius 2 is 2.19 bits per heavy atom. The summed E-state index contributed by atoms with van der Waals surface area (Å²) in [7, 11) is 1.33. The summed E-state index contributed by atoms with van der Waals surface area (Å²) in [6.45, 7) is 2.26. The van der Waals surface area contributed by atoms with E-state index in [-0.39, 0.29) is 11.7 Å². The Morgan fingerprint density at radius 1 is 1.35 bits per heavy atom. The zero-order valence-corrected chi connectivity index (χ0v) is 14.3. The lowest BCUT2D eigenvalue weighted by Gasteiger charge is -2.13. The fourth-order valence-corrected chi connectivity index (χ4v) is 3.04. The quantitative estimate of drug-likeness (QED) is 0.637. The Balaban J connectivity index is 1.38. The molecule has 9 nitrogen and oxygen atoms in total. The third kappa shape index (κ3) is 3.33. The van der Waals surface area contributed by atoms with Crippen LogP contribution in [-0.2, 0) is 11.3 Å². The molecular formula is C17H18N6O3. The maximum atomic E-state index is 11.5. The Kier molecular flexibility index (Phi) is 4.44. The first-order chi connectivity index (χ1) is 12.7. The lowest BCUT2D eigenvalue weighted by Crippen LogP contribution is -2.22. The van der Waals surface area contributed by atoms with Gasteiger partial charge in [0, 0.05) is 18.7 Å². The molecule has 2 aromatic heterocycles. The topological polar surface area (TPSA) is 99.2 Å². The molecule has 1 aliphatic heterocycles. The van der Waals surface area contributed by atoms with E-state index in [0.717, 1.165) is 25.1 Å². The van der Waals surface area contributed by atoms with Gasteiger partial charge in [0.25, 0.3) is 5.89 Å². The highest BCUT2D eigenvalue weighted by Gasteiger charge is 2.27. The first-order valence-corrected chi connectivity index (χ1v) is 8.33. The van der Waals surface area contributed by atoms with Crippen molar-refractivity contribution in [2.75, 3.05) is 20.2 Å². The minimum atomic E-state index is -0.480. The number of esters is 1. The van der Waals surface area contributed by atoms with Gasteiger partial charge in [-0.3, -0.25) is 4.90 Å². The second-order valence-corrected chi connectivity index (χ2v) is 6.13. The van der Waals surface area contributed by atoms with Crippen LogP contribution < -0.4 is 0 Å². The van der Waals surface area contributed by atoms with Crippen LogP contribution >= 0.6 is 0 Å². The molecule has 4 rings (SSSR count). The average Bonchev–Trinajstić information content (AvgIpc) is 3.42. The lowest BCUT2D eigenvalue weighted by molar-refractivity contribution is 0.0594. The Morgan fingerprint density at radius 3 is 3.00 bits per heavy atom. The monoisotopic (exact) mass is 354 g/mol. The van der Waals surface area contributed by atoms with Gasteiger partial charge in [-0.05, 0) is 18.6 Å². The number of ether oxygens (including phenoxy) is 1. The molecule has 1 aliphatic rings. The third-order valence-electron chi connectivity index (χ3n) is 4.38. The van der Waals surface area contributed by atoms with Crippen molar-refractivity contribution in [3.63, 3.8) is 0 Å². The van der Waals surface area contributed by atoms with Crippen LogP contribution in [0.25, 0.3) is 11.5 Å². The van der Waals surface area contributed by atoms with Crippen molar-refractivity contribution in [3.05, 3.63) is 48.0 Å². The molecule has 26 heavy (non-hydrogen) atoms. The van der Waals surface area contributed by atoms with E-state index in [2.05, 4.69) is 30.1 Å². The van der Waals surface area contributed by atoms with Gasteiger partial charge in [0.15, 0.2) is 11.5 Å². The molecule has 0 amide bonds. The second-order valence-electron chi connectivity index (χ2n) is 6.13. The molecule has 0 N–H and O–H groups in total. The molecule has 0 aliphatic carbocycles. The zero-order valence-electron chi connectivity index (χ0n) is 14.3. The highest BCUT2D eigenvalue weighted by atomic mass is 16.5. The summed E-state index contributed by atoms with van der Waals surface area (Å²) in [5.41, 5.74) is 1.13. The maximum Gasteiger partial charge on any atom is 0.360 e. The highest BCUT2D eigenvalue weighted by molar-refractivity contribution is 5.86. The molecule has 3 aromatic rings. The van der Waals surface area contributed by atoms with Crippen LogP contribution in [-0.4, -0.2) is 56.2 Å². The molecule has 134 valence electrons. The zero-order chi connectivity index (χ0) is 17.9. The van der Waals surface area contributed by atoms with E-state index in [1.54, 1.807) is 10.9 Å². The number of hydrogen-bond donors (Lipinski definition) is 0. The van der Waals surface area contributed by atoms with Crippen LogP contribution in [0.15, 0.2) is 41.1 Å². The van der Waals surface area contributed by atoms with Crippen molar-refractivity contribution >= 4 is 5.97 Å². The number of benzene rings is 1. The molecule has 3 heterocycles. The Bertz CT molecular complexity index is 891.